The van der Waals surface area contributed by atoms with Gasteiger partial charge in [-0.25, -0.2) is 0 Å². The van der Waals surface area contributed by atoms with Crippen molar-refractivity contribution in [2.45, 2.75) is 25.5 Å². The summed E-state index contributed by atoms with van der Waals surface area (Å²) in [5.74, 6) is 2.54. The lowest BCUT2D eigenvalue weighted by Crippen LogP contribution is -2.26. The zero-order valence-corrected chi connectivity index (χ0v) is 15.3. The number of anilines is 2. The van der Waals surface area contributed by atoms with E-state index in [1.165, 1.54) is 0 Å². The Kier molecular flexibility index (Phi) is 5.95. The van der Waals surface area contributed by atoms with Gasteiger partial charge < -0.3 is 14.5 Å². The zero-order valence-electron chi connectivity index (χ0n) is 14.5. The second kappa shape index (κ2) is 7.76. The quantitative estimate of drug-likeness (QED) is 0.808. The SMILES string of the molecule is COCc1nnc(N2CCCC2c2ccc(N(C)C)nn2)n1C.Cl. The van der Waals surface area contributed by atoms with Gasteiger partial charge in [-0.05, 0) is 25.0 Å². The van der Waals surface area contributed by atoms with Crippen molar-refractivity contribution in [1.29, 1.82) is 0 Å². The van der Waals surface area contributed by atoms with Gasteiger partial charge in [-0.1, -0.05) is 0 Å². The first-order valence-corrected chi connectivity index (χ1v) is 7.76. The molecule has 0 N–H and O–H groups in total. The lowest BCUT2D eigenvalue weighted by Gasteiger charge is -2.24. The molecule has 0 saturated carbocycles. The molecule has 24 heavy (non-hydrogen) atoms. The van der Waals surface area contributed by atoms with E-state index in [9.17, 15) is 0 Å². The molecule has 8 nitrogen and oxygen atoms in total. The monoisotopic (exact) mass is 353 g/mol. The van der Waals surface area contributed by atoms with E-state index in [-0.39, 0.29) is 18.4 Å². The van der Waals surface area contributed by atoms with Crippen molar-refractivity contribution in [1.82, 2.24) is 25.0 Å². The normalized spacial score (nSPS) is 17.0. The van der Waals surface area contributed by atoms with Gasteiger partial charge in [0.15, 0.2) is 11.6 Å². The van der Waals surface area contributed by atoms with Crippen LogP contribution in [0.1, 0.15) is 30.4 Å². The second-order valence-corrected chi connectivity index (χ2v) is 5.97. The fourth-order valence-electron chi connectivity index (χ4n) is 2.92. The number of nitrogens with zero attached hydrogens (tertiary/aromatic N) is 7. The molecule has 1 fully saturated rings. The van der Waals surface area contributed by atoms with Gasteiger partial charge in [0.25, 0.3) is 0 Å². The maximum Gasteiger partial charge on any atom is 0.227 e. The molecule has 1 unspecified atom stereocenters. The summed E-state index contributed by atoms with van der Waals surface area (Å²) in [6, 6.07) is 4.25. The molecule has 9 heteroatoms. The highest BCUT2D eigenvalue weighted by atomic mass is 35.5. The maximum atomic E-state index is 5.16. The molecule has 3 heterocycles. The molecule has 0 radical (unpaired) electrons. The summed E-state index contributed by atoms with van der Waals surface area (Å²) in [5.41, 5.74) is 0.976. The van der Waals surface area contributed by atoms with E-state index in [2.05, 4.69) is 31.4 Å². The average molecular weight is 354 g/mol. The Hall–Kier alpha value is -1.93. The maximum absolute atomic E-state index is 5.16. The van der Waals surface area contributed by atoms with Crippen molar-refractivity contribution in [2.24, 2.45) is 7.05 Å². The van der Waals surface area contributed by atoms with Crippen LogP contribution in [0.4, 0.5) is 11.8 Å². The molecule has 0 aliphatic carbocycles. The van der Waals surface area contributed by atoms with Gasteiger partial charge in [0.2, 0.25) is 5.95 Å². The summed E-state index contributed by atoms with van der Waals surface area (Å²) in [7, 11) is 7.56. The fourth-order valence-corrected chi connectivity index (χ4v) is 2.92. The minimum absolute atomic E-state index is 0. The van der Waals surface area contributed by atoms with Crippen LogP contribution in [0.3, 0.4) is 0 Å². The van der Waals surface area contributed by atoms with E-state index in [0.29, 0.717) is 6.61 Å². The third-order valence-corrected chi connectivity index (χ3v) is 4.20. The van der Waals surface area contributed by atoms with E-state index in [0.717, 1.165) is 42.7 Å². The van der Waals surface area contributed by atoms with Gasteiger partial charge in [0.1, 0.15) is 6.61 Å². The van der Waals surface area contributed by atoms with Crippen molar-refractivity contribution in [3.8, 4) is 0 Å². The molecule has 132 valence electrons. The Morgan fingerprint density at radius 3 is 2.62 bits per heavy atom. The predicted octanol–water partition coefficient (Wildman–Crippen LogP) is 1.58. The summed E-state index contributed by atoms with van der Waals surface area (Å²) >= 11 is 0. The van der Waals surface area contributed by atoms with E-state index >= 15 is 0 Å². The number of aromatic nitrogens is 5. The van der Waals surface area contributed by atoms with Crippen LogP contribution < -0.4 is 9.80 Å². The first kappa shape index (κ1) is 18.4. The highest BCUT2D eigenvalue weighted by Gasteiger charge is 2.31. The van der Waals surface area contributed by atoms with Crippen LogP contribution in [0.25, 0.3) is 0 Å². The van der Waals surface area contributed by atoms with Crippen molar-refractivity contribution >= 4 is 24.2 Å². The van der Waals surface area contributed by atoms with E-state index in [1.54, 1.807) is 7.11 Å². The van der Waals surface area contributed by atoms with Gasteiger partial charge in [0, 0.05) is 34.8 Å². The lowest BCUT2D eigenvalue weighted by atomic mass is 10.1. The molecule has 1 saturated heterocycles. The number of ether oxygens (including phenoxy) is 1. The summed E-state index contributed by atoms with van der Waals surface area (Å²) in [6.07, 6.45) is 2.15. The van der Waals surface area contributed by atoms with Crippen LogP contribution in [-0.4, -0.2) is 52.7 Å². The Morgan fingerprint density at radius 2 is 2.00 bits per heavy atom. The Bertz CT molecular complexity index is 658. The molecule has 0 amide bonds. The van der Waals surface area contributed by atoms with E-state index < -0.39 is 0 Å². The van der Waals surface area contributed by atoms with Crippen LogP contribution in [0.2, 0.25) is 0 Å². The molecule has 2 aromatic rings. The topological polar surface area (TPSA) is 72.2 Å². The van der Waals surface area contributed by atoms with Crippen LogP contribution in [0.15, 0.2) is 12.1 Å². The van der Waals surface area contributed by atoms with Gasteiger partial charge in [-0.3, -0.25) is 4.57 Å². The number of methoxy groups -OCH3 is 1. The fraction of sp³-hybridized carbons (Fsp3) is 0.600. The lowest BCUT2D eigenvalue weighted by molar-refractivity contribution is 0.175. The van der Waals surface area contributed by atoms with Gasteiger partial charge in [-0.2, -0.15) is 5.10 Å². The molecule has 3 rings (SSSR count). The van der Waals surface area contributed by atoms with Crippen molar-refractivity contribution in [3.63, 3.8) is 0 Å². The van der Waals surface area contributed by atoms with E-state index in [4.69, 9.17) is 4.74 Å². The van der Waals surface area contributed by atoms with Gasteiger partial charge >= 0.3 is 0 Å². The largest absolute Gasteiger partial charge is 0.377 e. The first-order chi connectivity index (χ1) is 11.1. The highest BCUT2D eigenvalue weighted by molar-refractivity contribution is 5.85. The van der Waals surface area contributed by atoms with Gasteiger partial charge in [0.05, 0.1) is 11.7 Å². The molecular weight excluding hydrogens is 330 g/mol. The summed E-state index contributed by atoms with van der Waals surface area (Å²) in [6.45, 7) is 1.40. The highest BCUT2D eigenvalue weighted by Crippen LogP contribution is 2.34. The van der Waals surface area contributed by atoms with Gasteiger partial charge in [-0.15, -0.1) is 27.7 Å². The molecule has 1 aliphatic heterocycles. The molecule has 1 atom stereocenters. The summed E-state index contributed by atoms with van der Waals surface area (Å²) in [4.78, 5) is 4.20. The Balaban J connectivity index is 0.00000208. The van der Waals surface area contributed by atoms with Crippen LogP contribution in [0, 0.1) is 0 Å². The molecular formula is C15H24ClN7O. The number of rotatable bonds is 5. The number of halogens is 1. The van der Waals surface area contributed by atoms with E-state index in [1.807, 2.05) is 36.7 Å². The minimum Gasteiger partial charge on any atom is -0.377 e. The standard InChI is InChI=1S/C15H23N7O.ClH/c1-20(2)13-8-7-11(16-17-13)12-6-5-9-22(12)15-19-18-14(10-23-4)21(15)3;/h7-8,12H,5-6,9-10H2,1-4H3;1H. The smallest absolute Gasteiger partial charge is 0.227 e. The molecule has 0 bridgehead atoms. The second-order valence-electron chi connectivity index (χ2n) is 5.97. The molecule has 0 aromatic carbocycles. The van der Waals surface area contributed by atoms with Crippen LogP contribution in [0.5, 0.6) is 0 Å². The Labute approximate surface area is 148 Å². The predicted molar refractivity (Wildman–Crippen MR) is 94.6 cm³/mol. The van der Waals surface area contributed by atoms with Crippen molar-refractivity contribution in [2.75, 3.05) is 37.5 Å². The van der Waals surface area contributed by atoms with Crippen molar-refractivity contribution in [3.05, 3.63) is 23.7 Å². The van der Waals surface area contributed by atoms with Crippen LogP contribution >= 0.6 is 12.4 Å². The summed E-state index contributed by atoms with van der Waals surface area (Å²) < 4.78 is 7.15. The first-order valence-electron chi connectivity index (χ1n) is 7.76. The Morgan fingerprint density at radius 1 is 1.21 bits per heavy atom. The zero-order chi connectivity index (χ0) is 16.4. The number of hydrogen-bond donors (Lipinski definition) is 0. The average Bonchev–Trinajstić information content (AvgIpc) is 3.15. The number of hydrogen-bond acceptors (Lipinski definition) is 7. The third-order valence-electron chi connectivity index (χ3n) is 4.20. The third kappa shape index (κ3) is 3.44. The molecule has 2 aromatic heterocycles. The minimum atomic E-state index is 0. The molecule has 1 aliphatic rings. The summed E-state index contributed by atoms with van der Waals surface area (Å²) in [5, 5.41) is 17.3. The van der Waals surface area contributed by atoms with Crippen molar-refractivity contribution < 1.29 is 4.74 Å². The van der Waals surface area contributed by atoms with Crippen LogP contribution in [-0.2, 0) is 18.4 Å². The molecule has 0 spiro atoms.